The predicted octanol–water partition coefficient (Wildman–Crippen LogP) is 2.82. The van der Waals surface area contributed by atoms with E-state index >= 15 is 0 Å². The van der Waals surface area contributed by atoms with Crippen molar-refractivity contribution in [1.82, 2.24) is 0 Å². The van der Waals surface area contributed by atoms with Crippen molar-refractivity contribution in [3.8, 4) is 0 Å². The van der Waals surface area contributed by atoms with E-state index in [2.05, 4.69) is 0 Å². The summed E-state index contributed by atoms with van der Waals surface area (Å²) in [4.78, 5) is 10.8. The quantitative estimate of drug-likeness (QED) is 0.622. The van der Waals surface area contributed by atoms with Crippen LogP contribution in [0.4, 0.5) is 13.2 Å². The molecule has 0 unspecified atom stereocenters. The van der Waals surface area contributed by atoms with Crippen LogP contribution in [0.1, 0.15) is 43.6 Å². The molecule has 1 fully saturated rings. The first-order valence-corrected chi connectivity index (χ1v) is 6.50. The summed E-state index contributed by atoms with van der Waals surface area (Å²) < 4.78 is 50.7. The second-order valence-electron chi connectivity index (χ2n) is 6.05. The molecule has 1 saturated heterocycles. The molecule has 7 heteroatoms. The number of carbonyl (C=O) groups excluding carboxylic acids is 1. The van der Waals surface area contributed by atoms with Gasteiger partial charge in [0.15, 0.2) is 0 Å². The SMILES string of the molecule is CC1(C)OB(c2cc(C=O)ccc2C(F)(F)F)OC1(C)C. The van der Waals surface area contributed by atoms with Gasteiger partial charge in [-0.25, -0.2) is 0 Å². The summed E-state index contributed by atoms with van der Waals surface area (Å²) in [6.45, 7) is 7.02. The largest absolute Gasteiger partial charge is 0.495 e. The summed E-state index contributed by atoms with van der Waals surface area (Å²) >= 11 is 0. The molecule has 1 aliphatic rings. The van der Waals surface area contributed by atoms with Crippen molar-refractivity contribution in [2.45, 2.75) is 45.1 Å². The van der Waals surface area contributed by atoms with E-state index in [-0.39, 0.29) is 11.0 Å². The van der Waals surface area contributed by atoms with Crippen molar-refractivity contribution in [2.24, 2.45) is 0 Å². The molecule has 0 atom stereocenters. The van der Waals surface area contributed by atoms with Gasteiger partial charge in [-0.2, -0.15) is 13.2 Å². The summed E-state index contributed by atoms with van der Waals surface area (Å²) in [6.07, 6.45) is -4.05. The lowest BCUT2D eigenvalue weighted by atomic mass is 9.75. The zero-order valence-electron chi connectivity index (χ0n) is 12.2. The van der Waals surface area contributed by atoms with Gasteiger partial charge in [0.25, 0.3) is 0 Å². The van der Waals surface area contributed by atoms with Crippen molar-refractivity contribution in [1.29, 1.82) is 0 Å². The lowest BCUT2D eigenvalue weighted by molar-refractivity contribution is -0.136. The van der Waals surface area contributed by atoms with Crippen LogP contribution in [0.2, 0.25) is 0 Å². The molecule has 1 aromatic rings. The van der Waals surface area contributed by atoms with Gasteiger partial charge in [-0.15, -0.1) is 0 Å². The highest BCUT2D eigenvalue weighted by Crippen LogP contribution is 2.38. The van der Waals surface area contributed by atoms with Crippen LogP contribution in [0.15, 0.2) is 18.2 Å². The monoisotopic (exact) mass is 300 g/mol. The molecular weight excluding hydrogens is 284 g/mol. The Labute approximate surface area is 121 Å². The molecule has 0 aromatic heterocycles. The number of carbonyl (C=O) groups is 1. The number of hydrogen-bond donors (Lipinski definition) is 0. The standard InChI is InChI=1S/C14H16BF3O3/c1-12(2)13(3,4)21-15(20-12)11-7-9(8-19)5-6-10(11)14(16,17)18/h5-8H,1-4H3. The first-order chi connectivity index (χ1) is 9.48. The van der Waals surface area contributed by atoms with Crippen molar-refractivity contribution in [3.63, 3.8) is 0 Å². The maximum Gasteiger partial charge on any atom is 0.495 e. The third-order valence-electron chi connectivity index (χ3n) is 4.02. The van der Waals surface area contributed by atoms with Crippen molar-refractivity contribution in [3.05, 3.63) is 29.3 Å². The minimum Gasteiger partial charge on any atom is -0.399 e. The minimum atomic E-state index is -4.54. The second kappa shape index (κ2) is 4.85. The van der Waals surface area contributed by atoms with Crippen LogP contribution in [-0.4, -0.2) is 24.6 Å². The Morgan fingerprint density at radius 3 is 2.05 bits per heavy atom. The van der Waals surface area contributed by atoms with Gasteiger partial charge < -0.3 is 9.31 Å². The molecule has 21 heavy (non-hydrogen) atoms. The summed E-state index contributed by atoms with van der Waals surface area (Å²) in [7, 11) is -1.16. The number of benzene rings is 1. The summed E-state index contributed by atoms with van der Waals surface area (Å²) in [5.41, 5.74) is -2.39. The van der Waals surface area contributed by atoms with Crippen LogP contribution in [0.5, 0.6) is 0 Å². The van der Waals surface area contributed by atoms with E-state index in [1.54, 1.807) is 27.7 Å². The molecule has 114 valence electrons. The molecule has 2 rings (SSSR count). The van der Waals surface area contributed by atoms with Crippen LogP contribution >= 0.6 is 0 Å². The van der Waals surface area contributed by atoms with E-state index in [1.165, 1.54) is 0 Å². The van der Waals surface area contributed by atoms with Gasteiger partial charge in [-0.1, -0.05) is 12.1 Å². The van der Waals surface area contributed by atoms with Crippen molar-refractivity contribution in [2.75, 3.05) is 0 Å². The van der Waals surface area contributed by atoms with Crippen LogP contribution in [0, 0.1) is 0 Å². The lowest BCUT2D eigenvalue weighted by Gasteiger charge is -2.32. The highest BCUT2D eigenvalue weighted by atomic mass is 19.4. The molecule has 1 aromatic carbocycles. The average Bonchev–Trinajstić information content (AvgIpc) is 2.56. The fraction of sp³-hybridized carbons (Fsp3) is 0.500. The van der Waals surface area contributed by atoms with Gasteiger partial charge in [0, 0.05) is 5.56 Å². The van der Waals surface area contributed by atoms with Gasteiger partial charge in [-0.3, -0.25) is 4.79 Å². The maximum absolute atomic E-state index is 13.1. The van der Waals surface area contributed by atoms with Gasteiger partial charge >= 0.3 is 13.3 Å². The number of alkyl halides is 3. The Morgan fingerprint density at radius 2 is 1.62 bits per heavy atom. The number of aldehydes is 1. The lowest BCUT2D eigenvalue weighted by Crippen LogP contribution is -2.41. The van der Waals surface area contributed by atoms with E-state index in [4.69, 9.17) is 9.31 Å². The van der Waals surface area contributed by atoms with Gasteiger partial charge in [0.05, 0.1) is 16.8 Å². The Morgan fingerprint density at radius 1 is 1.10 bits per heavy atom. The molecule has 0 radical (unpaired) electrons. The number of halogens is 3. The van der Waals surface area contributed by atoms with Gasteiger partial charge in [-0.05, 0) is 39.2 Å². The average molecular weight is 300 g/mol. The summed E-state index contributed by atoms with van der Waals surface area (Å²) in [5, 5.41) is 0. The van der Waals surface area contributed by atoms with E-state index < -0.39 is 30.1 Å². The van der Waals surface area contributed by atoms with Gasteiger partial charge in [0.1, 0.15) is 6.29 Å². The van der Waals surface area contributed by atoms with E-state index in [9.17, 15) is 18.0 Å². The zero-order chi connectivity index (χ0) is 16.1. The smallest absolute Gasteiger partial charge is 0.399 e. The molecule has 0 amide bonds. The molecule has 0 aliphatic carbocycles. The fourth-order valence-corrected chi connectivity index (χ4v) is 2.08. The van der Waals surface area contributed by atoms with E-state index in [0.717, 1.165) is 18.2 Å². The first-order valence-electron chi connectivity index (χ1n) is 6.50. The van der Waals surface area contributed by atoms with E-state index in [1.807, 2.05) is 0 Å². The van der Waals surface area contributed by atoms with Crippen LogP contribution in [0.3, 0.4) is 0 Å². The van der Waals surface area contributed by atoms with Crippen LogP contribution < -0.4 is 5.46 Å². The van der Waals surface area contributed by atoms with Crippen molar-refractivity contribution >= 4 is 18.9 Å². The Balaban J connectivity index is 2.51. The fourth-order valence-electron chi connectivity index (χ4n) is 2.08. The zero-order valence-corrected chi connectivity index (χ0v) is 12.2. The number of hydrogen-bond acceptors (Lipinski definition) is 3. The maximum atomic E-state index is 13.1. The Bertz CT molecular complexity index is 551. The molecule has 0 spiro atoms. The molecule has 0 N–H and O–H groups in total. The second-order valence-corrected chi connectivity index (χ2v) is 6.05. The molecule has 3 nitrogen and oxygen atoms in total. The molecule has 0 saturated carbocycles. The van der Waals surface area contributed by atoms with Gasteiger partial charge in [0.2, 0.25) is 0 Å². The highest BCUT2D eigenvalue weighted by molar-refractivity contribution is 6.62. The Kier molecular flexibility index (Phi) is 3.70. The van der Waals surface area contributed by atoms with Crippen molar-refractivity contribution < 1.29 is 27.3 Å². The summed E-state index contributed by atoms with van der Waals surface area (Å²) in [5.74, 6) is 0. The summed E-state index contributed by atoms with van der Waals surface area (Å²) in [6, 6.07) is 3.17. The number of rotatable bonds is 2. The van der Waals surface area contributed by atoms with Crippen LogP contribution in [-0.2, 0) is 15.5 Å². The molecule has 1 aliphatic heterocycles. The third-order valence-corrected chi connectivity index (χ3v) is 4.02. The molecule has 0 bridgehead atoms. The topological polar surface area (TPSA) is 35.5 Å². The first kappa shape index (κ1) is 16.0. The van der Waals surface area contributed by atoms with E-state index in [0.29, 0.717) is 6.29 Å². The third kappa shape index (κ3) is 2.85. The normalized spacial score (nSPS) is 20.6. The highest BCUT2D eigenvalue weighted by Gasteiger charge is 2.53. The minimum absolute atomic E-state index is 0.146. The predicted molar refractivity (Wildman–Crippen MR) is 72.5 cm³/mol. The Hall–Kier alpha value is -1.34. The molecule has 1 heterocycles. The molecular formula is C14H16BF3O3. The van der Waals surface area contributed by atoms with Crippen LogP contribution in [0.25, 0.3) is 0 Å².